The van der Waals surface area contributed by atoms with Gasteiger partial charge < -0.3 is 4.74 Å². The lowest BCUT2D eigenvalue weighted by molar-refractivity contribution is 0.302. The summed E-state index contributed by atoms with van der Waals surface area (Å²) in [5, 5.41) is 0.707. The number of nitrogens with zero attached hydrogens (tertiary/aromatic N) is 1. The van der Waals surface area contributed by atoms with Gasteiger partial charge in [-0.3, -0.25) is 4.98 Å². The van der Waals surface area contributed by atoms with Gasteiger partial charge in [0.1, 0.15) is 12.4 Å². The van der Waals surface area contributed by atoms with Crippen LogP contribution in [0.15, 0.2) is 42.5 Å². The van der Waals surface area contributed by atoms with Crippen molar-refractivity contribution in [1.29, 1.82) is 0 Å². The molecule has 88 valence electrons. The zero-order valence-corrected chi connectivity index (χ0v) is 11.3. The molecule has 1 heterocycles. The fourth-order valence-electron chi connectivity index (χ4n) is 1.56. The predicted molar refractivity (Wildman–Crippen MR) is 72.4 cm³/mol. The van der Waals surface area contributed by atoms with E-state index in [-0.39, 0.29) is 0 Å². The first-order valence-electron chi connectivity index (χ1n) is 5.49. The van der Waals surface area contributed by atoms with Crippen molar-refractivity contribution in [3.63, 3.8) is 0 Å². The first-order chi connectivity index (χ1) is 8.29. The molecule has 0 unspecified atom stereocenters. The number of aryl methyl sites for hydroxylation is 1. The van der Waals surface area contributed by atoms with Gasteiger partial charge in [-0.15, -0.1) is 0 Å². The molecule has 0 N–H and O–H groups in total. The van der Waals surface area contributed by atoms with Crippen molar-refractivity contribution in [1.82, 2.24) is 4.98 Å². The Morgan fingerprint density at radius 1 is 1.12 bits per heavy atom. The summed E-state index contributed by atoms with van der Waals surface area (Å²) in [5.74, 6) is 0.844. The van der Waals surface area contributed by atoms with Crippen LogP contribution in [0.2, 0.25) is 0 Å². The lowest BCUT2D eigenvalue weighted by atomic mass is 10.2. The maximum absolute atomic E-state index is 5.78. The molecule has 2 aromatic rings. The maximum atomic E-state index is 5.78. The van der Waals surface area contributed by atoms with Crippen molar-refractivity contribution >= 4 is 15.9 Å². The van der Waals surface area contributed by atoms with Gasteiger partial charge >= 0.3 is 0 Å². The molecule has 0 bridgehead atoms. The average molecular weight is 292 g/mol. The van der Waals surface area contributed by atoms with Gasteiger partial charge in [0.2, 0.25) is 0 Å². The number of rotatable bonds is 4. The number of hydrogen-bond acceptors (Lipinski definition) is 2. The van der Waals surface area contributed by atoms with E-state index in [1.165, 1.54) is 0 Å². The second kappa shape index (κ2) is 5.82. The molecule has 0 aliphatic heterocycles. The monoisotopic (exact) mass is 291 g/mol. The van der Waals surface area contributed by atoms with Crippen molar-refractivity contribution in [3.8, 4) is 5.75 Å². The molecule has 0 atom stereocenters. The third-order valence-electron chi connectivity index (χ3n) is 2.44. The Labute approximate surface area is 110 Å². The van der Waals surface area contributed by atoms with E-state index < -0.39 is 0 Å². The number of aromatic nitrogens is 1. The van der Waals surface area contributed by atoms with Crippen molar-refractivity contribution in [2.45, 2.75) is 18.9 Å². The van der Waals surface area contributed by atoms with E-state index in [2.05, 4.69) is 33.0 Å². The van der Waals surface area contributed by atoms with E-state index in [1.54, 1.807) is 0 Å². The van der Waals surface area contributed by atoms with Gasteiger partial charge in [0, 0.05) is 11.0 Å². The Balaban J connectivity index is 2.09. The van der Waals surface area contributed by atoms with Crippen LogP contribution in [0.25, 0.3) is 0 Å². The Bertz CT molecular complexity index is 485. The summed E-state index contributed by atoms with van der Waals surface area (Å²) in [6.45, 7) is 2.55. The molecule has 1 aromatic heterocycles. The second-order valence-electron chi connectivity index (χ2n) is 3.81. The molecule has 0 fully saturated rings. The minimum absolute atomic E-state index is 0.575. The molecule has 0 radical (unpaired) electrons. The fraction of sp³-hybridized carbons (Fsp3) is 0.214. The van der Waals surface area contributed by atoms with Crippen LogP contribution in [0.1, 0.15) is 17.0 Å². The number of pyridine rings is 1. The first-order valence-corrected chi connectivity index (χ1v) is 6.61. The molecule has 0 aliphatic rings. The SMILES string of the molecule is Cc1ccc(OCc2ccccc2)c(CBr)n1. The number of ether oxygens (including phenoxy) is 1. The van der Waals surface area contributed by atoms with Crippen LogP contribution in [-0.4, -0.2) is 4.98 Å². The molecule has 0 aliphatic carbocycles. The lowest BCUT2D eigenvalue weighted by Gasteiger charge is -2.10. The van der Waals surface area contributed by atoms with Crippen LogP contribution >= 0.6 is 15.9 Å². The molecule has 0 amide bonds. The molecule has 1 aromatic carbocycles. The highest BCUT2D eigenvalue weighted by atomic mass is 79.9. The van der Waals surface area contributed by atoms with E-state index in [1.807, 2.05) is 37.3 Å². The van der Waals surface area contributed by atoms with Crippen molar-refractivity contribution < 1.29 is 4.74 Å². The Hall–Kier alpha value is -1.35. The van der Waals surface area contributed by atoms with Crippen molar-refractivity contribution in [2.24, 2.45) is 0 Å². The summed E-state index contributed by atoms with van der Waals surface area (Å²) in [5.41, 5.74) is 3.11. The molecule has 2 nitrogen and oxygen atoms in total. The van der Waals surface area contributed by atoms with Crippen LogP contribution in [0, 0.1) is 6.92 Å². The predicted octanol–water partition coefficient (Wildman–Crippen LogP) is 3.86. The maximum Gasteiger partial charge on any atom is 0.142 e. The Morgan fingerprint density at radius 2 is 1.88 bits per heavy atom. The minimum Gasteiger partial charge on any atom is -0.487 e. The third-order valence-corrected chi connectivity index (χ3v) is 2.97. The summed E-state index contributed by atoms with van der Waals surface area (Å²) in [7, 11) is 0. The highest BCUT2D eigenvalue weighted by Crippen LogP contribution is 2.20. The molecule has 2 rings (SSSR count). The second-order valence-corrected chi connectivity index (χ2v) is 4.37. The zero-order valence-electron chi connectivity index (χ0n) is 9.69. The molecule has 17 heavy (non-hydrogen) atoms. The van der Waals surface area contributed by atoms with E-state index in [9.17, 15) is 0 Å². The van der Waals surface area contributed by atoms with Gasteiger partial charge in [-0.25, -0.2) is 0 Å². The molecule has 3 heteroatoms. The van der Waals surface area contributed by atoms with Gasteiger partial charge in [0.05, 0.1) is 5.69 Å². The number of hydrogen-bond donors (Lipinski definition) is 0. The molecule has 0 saturated carbocycles. The van der Waals surface area contributed by atoms with Gasteiger partial charge in [0.25, 0.3) is 0 Å². The van der Waals surface area contributed by atoms with Crippen molar-refractivity contribution in [3.05, 3.63) is 59.4 Å². The Kier molecular flexibility index (Phi) is 4.15. The van der Waals surface area contributed by atoms with Gasteiger partial charge in [-0.2, -0.15) is 0 Å². The summed E-state index contributed by atoms with van der Waals surface area (Å²) < 4.78 is 5.78. The van der Waals surface area contributed by atoms with Gasteiger partial charge in [-0.05, 0) is 24.6 Å². The number of alkyl halides is 1. The van der Waals surface area contributed by atoms with Gasteiger partial charge in [0.15, 0.2) is 0 Å². The summed E-state index contributed by atoms with van der Waals surface area (Å²) >= 11 is 3.43. The van der Waals surface area contributed by atoms with Crippen LogP contribution < -0.4 is 4.74 Å². The normalized spacial score (nSPS) is 10.2. The average Bonchev–Trinajstić information content (AvgIpc) is 2.38. The smallest absolute Gasteiger partial charge is 0.142 e. The third kappa shape index (κ3) is 3.30. The van der Waals surface area contributed by atoms with Crippen LogP contribution in [0.5, 0.6) is 5.75 Å². The molecular formula is C14H14BrNO. The van der Waals surface area contributed by atoms with E-state index in [0.717, 1.165) is 22.7 Å². The van der Waals surface area contributed by atoms with Crippen LogP contribution in [0.3, 0.4) is 0 Å². The van der Waals surface area contributed by atoms with Crippen molar-refractivity contribution in [2.75, 3.05) is 0 Å². The van der Waals surface area contributed by atoms with E-state index in [4.69, 9.17) is 4.74 Å². The molecule has 0 saturated heterocycles. The number of halogens is 1. The first kappa shape index (κ1) is 12.1. The highest BCUT2D eigenvalue weighted by molar-refractivity contribution is 9.08. The lowest BCUT2D eigenvalue weighted by Crippen LogP contribution is -2.00. The summed E-state index contributed by atoms with van der Waals surface area (Å²) in [6.07, 6.45) is 0. The zero-order chi connectivity index (χ0) is 12.1. The van der Waals surface area contributed by atoms with E-state index in [0.29, 0.717) is 11.9 Å². The summed E-state index contributed by atoms with van der Waals surface area (Å²) in [4.78, 5) is 4.43. The summed E-state index contributed by atoms with van der Waals surface area (Å²) in [6, 6.07) is 14.1. The fourth-order valence-corrected chi connectivity index (χ4v) is 1.96. The highest BCUT2D eigenvalue weighted by Gasteiger charge is 2.04. The van der Waals surface area contributed by atoms with Crippen LogP contribution in [-0.2, 0) is 11.9 Å². The number of benzene rings is 1. The van der Waals surface area contributed by atoms with Gasteiger partial charge in [-0.1, -0.05) is 46.3 Å². The molecular weight excluding hydrogens is 278 g/mol. The Morgan fingerprint density at radius 3 is 2.59 bits per heavy atom. The van der Waals surface area contributed by atoms with Crippen LogP contribution in [0.4, 0.5) is 0 Å². The standard InChI is InChI=1S/C14H14BrNO/c1-11-7-8-14(13(9-15)16-11)17-10-12-5-3-2-4-6-12/h2-8H,9-10H2,1H3. The largest absolute Gasteiger partial charge is 0.487 e. The van der Waals surface area contributed by atoms with E-state index >= 15 is 0 Å². The molecule has 0 spiro atoms. The quantitative estimate of drug-likeness (QED) is 0.798. The topological polar surface area (TPSA) is 22.1 Å². The minimum atomic E-state index is 0.575.